The van der Waals surface area contributed by atoms with Crippen molar-refractivity contribution < 1.29 is 19.4 Å². The van der Waals surface area contributed by atoms with Gasteiger partial charge >= 0.3 is 5.97 Å². The van der Waals surface area contributed by atoms with Crippen molar-refractivity contribution in [1.82, 2.24) is 0 Å². The molecule has 0 radical (unpaired) electrons. The normalized spacial score (nSPS) is 22.5. The average Bonchev–Trinajstić information content (AvgIpc) is 2.80. The first-order chi connectivity index (χ1) is 11.5. The summed E-state index contributed by atoms with van der Waals surface area (Å²) in [4.78, 5) is 12.5. The zero-order valence-corrected chi connectivity index (χ0v) is 14.8. The molecule has 1 aromatic carbocycles. The Balaban J connectivity index is 1.93. The van der Waals surface area contributed by atoms with E-state index in [0.29, 0.717) is 23.4 Å². The van der Waals surface area contributed by atoms with Crippen LogP contribution in [0.2, 0.25) is 5.02 Å². The summed E-state index contributed by atoms with van der Waals surface area (Å²) in [6.45, 7) is 1.89. The highest BCUT2D eigenvalue weighted by Gasteiger charge is 2.50. The van der Waals surface area contributed by atoms with Crippen LogP contribution in [0.3, 0.4) is 0 Å². The van der Waals surface area contributed by atoms with Gasteiger partial charge in [0, 0.05) is 18.1 Å². The Bertz CT molecular complexity index is 644. The third-order valence-corrected chi connectivity index (χ3v) is 5.47. The second kappa shape index (κ2) is 6.77. The molecular formula is C19H23ClO4. The largest absolute Gasteiger partial charge is 0.507 e. The number of methoxy groups -OCH3 is 1. The number of ether oxygens (including phenoxy) is 2. The molecule has 1 saturated carbocycles. The summed E-state index contributed by atoms with van der Waals surface area (Å²) in [5.74, 6) is -0.626. The number of hydrogen-bond donors (Lipinski definition) is 1. The summed E-state index contributed by atoms with van der Waals surface area (Å²) < 4.78 is 11.3. The van der Waals surface area contributed by atoms with Crippen molar-refractivity contribution in [2.75, 3.05) is 7.11 Å². The average molecular weight is 351 g/mol. The van der Waals surface area contributed by atoms with E-state index in [4.69, 9.17) is 21.1 Å². The molecule has 1 fully saturated rings. The molecule has 1 aliphatic carbocycles. The molecule has 4 nitrogen and oxygen atoms in total. The number of aliphatic hydroxyl groups is 1. The highest BCUT2D eigenvalue weighted by Crippen LogP contribution is 2.46. The van der Waals surface area contributed by atoms with E-state index in [1.807, 2.05) is 19.1 Å². The zero-order valence-electron chi connectivity index (χ0n) is 14.0. The van der Waals surface area contributed by atoms with Crippen molar-refractivity contribution in [2.24, 2.45) is 5.92 Å². The Morgan fingerprint density at radius 2 is 1.83 bits per heavy atom. The van der Waals surface area contributed by atoms with Gasteiger partial charge in [-0.25, -0.2) is 4.79 Å². The van der Waals surface area contributed by atoms with Gasteiger partial charge in [-0.05, 0) is 43.4 Å². The lowest BCUT2D eigenvalue weighted by Crippen LogP contribution is -2.34. The molecule has 2 aliphatic rings. The summed E-state index contributed by atoms with van der Waals surface area (Å²) in [6.07, 6.45) is 4.07. The third kappa shape index (κ3) is 2.93. The first-order valence-corrected chi connectivity index (χ1v) is 8.81. The van der Waals surface area contributed by atoms with E-state index in [1.54, 1.807) is 19.2 Å². The summed E-state index contributed by atoms with van der Waals surface area (Å²) >= 11 is 5.95. The van der Waals surface area contributed by atoms with Gasteiger partial charge < -0.3 is 14.6 Å². The van der Waals surface area contributed by atoms with Crippen molar-refractivity contribution in [3.63, 3.8) is 0 Å². The molecule has 0 unspecified atom stereocenters. The Morgan fingerprint density at radius 1 is 1.21 bits per heavy atom. The van der Waals surface area contributed by atoms with Gasteiger partial charge in [0.15, 0.2) is 5.60 Å². The van der Waals surface area contributed by atoms with Crippen LogP contribution in [0.4, 0.5) is 0 Å². The predicted molar refractivity (Wildman–Crippen MR) is 91.9 cm³/mol. The van der Waals surface area contributed by atoms with Crippen LogP contribution in [0.1, 0.15) is 50.7 Å². The molecule has 1 aliphatic heterocycles. The molecular weight excluding hydrogens is 328 g/mol. The van der Waals surface area contributed by atoms with Crippen LogP contribution < -0.4 is 0 Å². The number of carbonyl (C=O) groups is 1. The van der Waals surface area contributed by atoms with Gasteiger partial charge in [0.1, 0.15) is 5.76 Å². The zero-order chi connectivity index (χ0) is 17.3. The van der Waals surface area contributed by atoms with Gasteiger partial charge in [0.2, 0.25) is 0 Å². The maximum Gasteiger partial charge on any atom is 0.338 e. The number of carbonyl (C=O) groups excluding carboxylic acids is 1. The van der Waals surface area contributed by atoms with E-state index in [-0.39, 0.29) is 17.8 Å². The molecule has 3 rings (SSSR count). The fourth-order valence-corrected chi connectivity index (χ4v) is 4.04. The van der Waals surface area contributed by atoms with Crippen LogP contribution in [-0.4, -0.2) is 23.8 Å². The van der Waals surface area contributed by atoms with Crippen molar-refractivity contribution >= 4 is 17.6 Å². The molecule has 24 heavy (non-hydrogen) atoms. The molecule has 1 aromatic rings. The Labute approximate surface area is 147 Å². The second-order valence-corrected chi connectivity index (χ2v) is 7.14. The van der Waals surface area contributed by atoms with Gasteiger partial charge in [0.05, 0.1) is 11.7 Å². The van der Waals surface area contributed by atoms with E-state index in [1.165, 1.54) is 0 Å². The topological polar surface area (TPSA) is 55.8 Å². The summed E-state index contributed by atoms with van der Waals surface area (Å²) in [6, 6.07) is 7.33. The first-order valence-electron chi connectivity index (χ1n) is 8.44. The van der Waals surface area contributed by atoms with E-state index in [0.717, 1.165) is 24.8 Å². The maximum atomic E-state index is 12.5. The summed E-state index contributed by atoms with van der Waals surface area (Å²) in [5.41, 5.74) is 0.447. The quantitative estimate of drug-likeness (QED) is 0.797. The molecule has 5 heteroatoms. The molecule has 2 atom stereocenters. The highest BCUT2D eigenvalue weighted by atomic mass is 35.5. The van der Waals surface area contributed by atoms with Crippen LogP contribution in [0, 0.1) is 5.92 Å². The molecule has 0 aromatic heterocycles. The van der Waals surface area contributed by atoms with E-state index < -0.39 is 11.6 Å². The predicted octanol–water partition coefficient (Wildman–Crippen LogP) is 4.74. The summed E-state index contributed by atoms with van der Waals surface area (Å²) in [7, 11) is 1.60. The molecule has 0 amide bonds. The van der Waals surface area contributed by atoms with E-state index in [2.05, 4.69) is 0 Å². The van der Waals surface area contributed by atoms with Crippen LogP contribution in [0.25, 0.3) is 0 Å². The number of rotatable bonds is 4. The maximum absolute atomic E-state index is 12.5. The standard InChI is InChI=1S/C19H23ClO4/c1-12(16(23-2)13-6-8-14(20)9-7-13)15-17(21)19(24-18(15)22)10-4-3-5-11-19/h6-9,12,16,21H,3-5,10-11H2,1-2H3/t12-,16+/m1/s1. The lowest BCUT2D eigenvalue weighted by Gasteiger charge is -2.31. The SMILES string of the molecule is CO[C@H](c1ccc(Cl)cc1)[C@H](C)C1=C(O)C2(CCCCC2)OC1=O. The summed E-state index contributed by atoms with van der Waals surface area (Å²) in [5, 5.41) is 11.4. The van der Waals surface area contributed by atoms with Gasteiger partial charge in [-0.15, -0.1) is 0 Å². The van der Waals surface area contributed by atoms with Gasteiger partial charge in [-0.3, -0.25) is 0 Å². The molecule has 1 heterocycles. The van der Waals surface area contributed by atoms with E-state index in [9.17, 15) is 9.90 Å². The number of esters is 1. The fraction of sp³-hybridized carbons (Fsp3) is 0.526. The lowest BCUT2D eigenvalue weighted by atomic mass is 9.81. The minimum atomic E-state index is -0.808. The van der Waals surface area contributed by atoms with Crippen LogP contribution in [0.15, 0.2) is 35.6 Å². The number of halogens is 1. The van der Waals surface area contributed by atoms with Crippen LogP contribution in [-0.2, 0) is 14.3 Å². The first kappa shape index (κ1) is 17.3. The fourth-order valence-electron chi connectivity index (χ4n) is 3.92. The molecule has 0 saturated heterocycles. The third-order valence-electron chi connectivity index (χ3n) is 5.22. The number of aliphatic hydroxyl groups excluding tert-OH is 1. The van der Waals surface area contributed by atoms with Crippen LogP contribution >= 0.6 is 11.6 Å². The minimum Gasteiger partial charge on any atom is -0.507 e. The minimum absolute atomic E-state index is 0.107. The Hall–Kier alpha value is -1.52. The van der Waals surface area contributed by atoms with Gasteiger partial charge in [-0.2, -0.15) is 0 Å². The van der Waals surface area contributed by atoms with Crippen molar-refractivity contribution in [1.29, 1.82) is 0 Å². The lowest BCUT2D eigenvalue weighted by molar-refractivity contribution is -0.151. The highest BCUT2D eigenvalue weighted by molar-refractivity contribution is 6.30. The molecule has 1 spiro atoms. The second-order valence-electron chi connectivity index (χ2n) is 6.70. The van der Waals surface area contributed by atoms with Crippen molar-refractivity contribution in [2.45, 2.75) is 50.7 Å². The molecule has 130 valence electrons. The number of benzene rings is 1. The van der Waals surface area contributed by atoms with Crippen molar-refractivity contribution in [3.8, 4) is 0 Å². The van der Waals surface area contributed by atoms with Crippen molar-refractivity contribution in [3.05, 3.63) is 46.2 Å². The Kier molecular flexibility index (Phi) is 4.88. The van der Waals surface area contributed by atoms with Gasteiger partial charge in [0.25, 0.3) is 0 Å². The van der Waals surface area contributed by atoms with Crippen LogP contribution in [0.5, 0.6) is 0 Å². The van der Waals surface area contributed by atoms with Gasteiger partial charge in [-0.1, -0.05) is 37.1 Å². The molecule has 0 bridgehead atoms. The Morgan fingerprint density at radius 3 is 2.42 bits per heavy atom. The van der Waals surface area contributed by atoms with E-state index >= 15 is 0 Å². The molecule has 1 N–H and O–H groups in total. The monoisotopic (exact) mass is 350 g/mol. The smallest absolute Gasteiger partial charge is 0.338 e. The number of hydrogen-bond acceptors (Lipinski definition) is 4.